The predicted octanol–water partition coefficient (Wildman–Crippen LogP) is 5.97. The lowest BCUT2D eigenvalue weighted by molar-refractivity contribution is -0.0561. The van der Waals surface area contributed by atoms with Crippen molar-refractivity contribution in [1.29, 1.82) is 0 Å². The maximum atomic E-state index is 6.18. The first-order valence-corrected chi connectivity index (χ1v) is 10.2. The smallest absolute Gasteiger partial charge is 0.0597 e. The topological polar surface area (TPSA) is 35.2 Å². The molecule has 0 aromatic heterocycles. The molecule has 1 aliphatic heterocycles. The van der Waals surface area contributed by atoms with Crippen LogP contribution in [0.1, 0.15) is 110 Å². The van der Waals surface area contributed by atoms with Crippen molar-refractivity contribution in [2.24, 2.45) is 5.73 Å². The van der Waals surface area contributed by atoms with E-state index < -0.39 is 0 Å². The molecule has 1 rings (SSSR count). The fourth-order valence-electron chi connectivity index (χ4n) is 3.30. The molecule has 2 atom stereocenters. The molecule has 1 saturated heterocycles. The quantitative estimate of drug-likeness (QED) is 0.356. The molecule has 2 nitrogen and oxygen atoms in total. The number of ether oxygens (including phenoxy) is 1. The molecule has 22 heavy (non-hydrogen) atoms. The van der Waals surface area contributed by atoms with Gasteiger partial charge < -0.3 is 10.5 Å². The van der Waals surface area contributed by atoms with E-state index in [9.17, 15) is 0 Å². The number of hydrogen-bond acceptors (Lipinski definition) is 2. The number of hydrogen-bond donors (Lipinski definition) is 1. The molecule has 0 radical (unpaired) electrons. The van der Waals surface area contributed by atoms with Crippen LogP contribution in [0.4, 0.5) is 0 Å². The highest BCUT2D eigenvalue weighted by atomic mass is 16.5. The van der Waals surface area contributed by atoms with E-state index in [4.69, 9.17) is 10.5 Å². The summed E-state index contributed by atoms with van der Waals surface area (Å²) in [5.41, 5.74) is 6.18. The minimum absolute atomic E-state index is 0.410. The van der Waals surface area contributed by atoms with Crippen molar-refractivity contribution in [3.05, 3.63) is 0 Å². The first-order valence-electron chi connectivity index (χ1n) is 10.2. The van der Waals surface area contributed by atoms with Crippen LogP contribution in [0.25, 0.3) is 0 Å². The molecule has 0 aromatic carbocycles. The third-order valence-corrected chi connectivity index (χ3v) is 5.08. The maximum Gasteiger partial charge on any atom is 0.0597 e. The molecule has 1 aliphatic rings. The van der Waals surface area contributed by atoms with Crippen LogP contribution in [0.5, 0.6) is 0 Å². The second-order valence-corrected chi connectivity index (χ2v) is 7.30. The van der Waals surface area contributed by atoms with E-state index >= 15 is 0 Å². The van der Waals surface area contributed by atoms with Crippen molar-refractivity contribution < 1.29 is 4.74 Å². The second kappa shape index (κ2) is 14.5. The number of nitrogens with two attached hydrogens (primary N) is 1. The van der Waals surface area contributed by atoms with Gasteiger partial charge in [0.15, 0.2) is 0 Å². The van der Waals surface area contributed by atoms with Gasteiger partial charge in [0.1, 0.15) is 0 Å². The largest absolute Gasteiger partial charge is 0.378 e. The lowest BCUT2D eigenvalue weighted by Gasteiger charge is -2.27. The van der Waals surface area contributed by atoms with Gasteiger partial charge in [-0.3, -0.25) is 0 Å². The van der Waals surface area contributed by atoms with Crippen molar-refractivity contribution in [1.82, 2.24) is 0 Å². The summed E-state index contributed by atoms with van der Waals surface area (Å²) in [5.74, 6) is 0. The van der Waals surface area contributed by atoms with E-state index in [-0.39, 0.29) is 0 Å². The van der Waals surface area contributed by atoms with E-state index in [1.165, 1.54) is 96.3 Å². The van der Waals surface area contributed by atoms with Gasteiger partial charge in [-0.25, -0.2) is 0 Å². The van der Waals surface area contributed by atoms with Crippen LogP contribution in [-0.4, -0.2) is 18.8 Å². The molecule has 0 aliphatic carbocycles. The molecule has 2 N–H and O–H groups in total. The normalized spacial score (nSPS) is 19.1. The standard InChI is InChI=1S/C20H41NO/c1-2-3-4-5-6-7-8-9-10-11-12-13-14-19(21)15-16-20-17-18-22-20/h19-20H,2-18,21H2,1H3. The monoisotopic (exact) mass is 311 g/mol. The van der Waals surface area contributed by atoms with Crippen molar-refractivity contribution in [2.75, 3.05) is 6.61 Å². The Hall–Kier alpha value is -0.0800. The third kappa shape index (κ3) is 11.5. The highest BCUT2D eigenvalue weighted by Crippen LogP contribution is 2.19. The van der Waals surface area contributed by atoms with Gasteiger partial charge in [0.2, 0.25) is 0 Å². The van der Waals surface area contributed by atoms with Gasteiger partial charge in [0.25, 0.3) is 0 Å². The molecule has 2 unspecified atom stereocenters. The summed E-state index contributed by atoms with van der Waals surface area (Å²) < 4.78 is 5.44. The molecular formula is C20H41NO. The zero-order valence-electron chi connectivity index (χ0n) is 15.2. The second-order valence-electron chi connectivity index (χ2n) is 7.30. The van der Waals surface area contributed by atoms with E-state index in [1.54, 1.807) is 0 Å². The van der Waals surface area contributed by atoms with Crippen LogP contribution in [0.2, 0.25) is 0 Å². The van der Waals surface area contributed by atoms with Gasteiger partial charge >= 0.3 is 0 Å². The SMILES string of the molecule is CCCCCCCCCCCCCCC(N)CCC1CCO1. The molecule has 2 heteroatoms. The third-order valence-electron chi connectivity index (χ3n) is 5.08. The summed E-state index contributed by atoms with van der Waals surface area (Å²) in [5, 5.41) is 0. The number of rotatable bonds is 16. The van der Waals surface area contributed by atoms with Gasteiger partial charge in [-0.15, -0.1) is 0 Å². The Labute approximate surface area is 139 Å². The molecule has 0 bridgehead atoms. The molecule has 0 spiro atoms. The summed E-state index contributed by atoms with van der Waals surface area (Å²) in [6, 6.07) is 0.410. The Balaban J connectivity index is 1.70. The Morgan fingerprint density at radius 3 is 1.77 bits per heavy atom. The Kier molecular flexibility index (Phi) is 13.2. The fourth-order valence-corrected chi connectivity index (χ4v) is 3.30. The lowest BCUT2D eigenvalue weighted by Crippen LogP contribution is -2.29. The predicted molar refractivity (Wildman–Crippen MR) is 97.3 cm³/mol. The Morgan fingerprint density at radius 1 is 0.818 bits per heavy atom. The van der Waals surface area contributed by atoms with Gasteiger partial charge in [-0.2, -0.15) is 0 Å². The van der Waals surface area contributed by atoms with Crippen LogP contribution in [0.15, 0.2) is 0 Å². The van der Waals surface area contributed by atoms with Crippen LogP contribution in [0.3, 0.4) is 0 Å². The maximum absolute atomic E-state index is 6.18. The average molecular weight is 312 g/mol. The van der Waals surface area contributed by atoms with E-state index in [2.05, 4.69) is 6.92 Å². The first-order chi connectivity index (χ1) is 10.8. The molecule has 1 fully saturated rings. The summed E-state index contributed by atoms with van der Waals surface area (Å²) in [7, 11) is 0. The first kappa shape index (κ1) is 20.0. The van der Waals surface area contributed by atoms with Crippen LogP contribution < -0.4 is 5.73 Å². The summed E-state index contributed by atoms with van der Waals surface area (Å²) in [6.07, 6.45) is 22.4. The lowest BCUT2D eigenvalue weighted by atomic mass is 9.99. The molecule has 0 amide bonds. The van der Waals surface area contributed by atoms with Crippen molar-refractivity contribution in [3.63, 3.8) is 0 Å². The van der Waals surface area contributed by atoms with Gasteiger partial charge in [-0.05, 0) is 25.7 Å². The Bertz CT molecular complexity index is 228. The minimum Gasteiger partial charge on any atom is -0.378 e. The van der Waals surface area contributed by atoms with Crippen molar-refractivity contribution in [2.45, 2.75) is 122 Å². The van der Waals surface area contributed by atoms with Crippen LogP contribution in [0, 0.1) is 0 Å². The van der Waals surface area contributed by atoms with E-state index in [0.29, 0.717) is 12.1 Å². The zero-order chi connectivity index (χ0) is 15.9. The summed E-state index contributed by atoms with van der Waals surface area (Å²) in [4.78, 5) is 0. The van der Waals surface area contributed by atoms with Gasteiger partial charge in [0.05, 0.1) is 6.10 Å². The summed E-state index contributed by atoms with van der Waals surface area (Å²) >= 11 is 0. The molecular weight excluding hydrogens is 270 g/mol. The van der Waals surface area contributed by atoms with E-state index in [1.807, 2.05) is 0 Å². The molecule has 0 aromatic rings. The van der Waals surface area contributed by atoms with Crippen LogP contribution >= 0.6 is 0 Å². The van der Waals surface area contributed by atoms with Gasteiger partial charge in [-0.1, -0.05) is 84.0 Å². The highest BCUT2D eigenvalue weighted by Gasteiger charge is 2.18. The number of unbranched alkanes of at least 4 members (excludes halogenated alkanes) is 11. The average Bonchev–Trinajstić information content (AvgIpc) is 2.47. The Morgan fingerprint density at radius 2 is 1.32 bits per heavy atom. The fraction of sp³-hybridized carbons (Fsp3) is 1.00. The summed E-state index contributed by atoms with van der Waals surface area (Å²) in [6.45, 7) is 3.26. The zero-order valence-corrected chi connectivity index (χ0v) is 15.2. The highest BCUT2D eigenvalue weighted by molar-refractivity contribution is 4.70. The van der Waals surface area contributed by atoms with Crippen molar-refractivity contribution >= 4 is 0 Å². The minimum atomic E-state index is 0.410. The molecule has 0 saturated carbocycles. The van der Waals surface area contributed by atoms with E-state index in [0.717, 1.165) is 13.0 Å². The molecule has 1 heterocycles. The molecule has 132 valence electrons. The van der Waals surface area contributed by atoms with Crippen LogP contribution in [-0.2, 0) is 4.74 Å². The van der Waals surface area contributed by atoms with Crippen molar-refractivity contribution in [3.8, 4) is 0 Å². The van der Waals surface area contributed by atoms with Gasteiger partial charge in [0, 0.05) is 12.6 Å².